The van der Waals surface area contributed by atoms with Gasteiger partial charge in [0.15, 0.2) is 0 Å². The normalized spacial score (nSPS) is 29.5. The number of hydrogen-bond donors (Lipinski definition) is 7. The minimum Gasteiger partial charge on any atom is -0.480 e. The third-order valence-electron chi connectivity index (χ3n) is 12.9. The number of nitrogens with zero attached hydrogens (tertiary/aromatic N) is 5. The van der Waals surface area contributed by atoms with E-state index < -0.39 is 5.95 Å². The first-order chi connectivity index (χ1) is 27.2. The highest BCUT2D eigenvalue weighted by molar-refractivity contribution is 7.22. The molecule has 4 heterocycles. The molecule has 2 aromatic heterocycles. The molecule has 1 saturated heterocycles. The zero-order valence-electron chi connectivity index (χ0n) is 33.6. The van der Waals surface area contributed by atoms with Crippen LogP contribution in [-0.2, 0) is 11.3 Å². The fourth-order valence-electron chi connectivity index (χ4n) is 11.7. The van der Waals surface area contributed by atoms with Crippen LogP contribution in [0.4, 0.5) is 5.13 Å². The van der Waals surface area contributed by atoms with Crippen LogP contribution < -0.4 is 16.4 Å². The molecule has 2 unspecified atom stereocenters. The largest absolute Gasteiger partial charge is 0.480 e. The van der Waals surface area contributed by atoms with Gasteiger partial charge in [0.1, 0.15) is 23.2 Å². The SMILES string of the molecule is CC(=C1\CCCN(C2=CC=C(c3cnn(CC45CC6(OCCNCCCO)C[C@](C)(C4)C[C@](C)(C5)C6)c3C)C(=C(O)O)N2)C1=N)/C(N)=N\c1nc2ccccc2s1. The van der Waals surface area contributed by atoms with E-state index in [0.717, 1.165) is 97.2 Å². The number of hydrogen-bond acceptors (Lipinski definition) is 11. The van der Waals surface area contributed by atoms with E-state index in [2.05, 4.69) is 46.1 Å². The van der Waals surface area contributed by atoms with Crippen molar-refractivity contribution in [3.8, 4) is 0 Å². The van der Waals surface area contributed by atoms with Crippen molar-refractivity contribution >= 4 is 43.9 Å². The molecule has 4 bridgehead atoms. The Balaban J connectivity index is 1.02. The zero-order chi connectivity index (χ0) is 40.2. The Bertz CT molecular complexity index is 2170. The van der Waals surface area contributed by atoms with Crippen molar-refractivity contribution in [1.82, 2.24) is 30.3 Å². The first-order valence-electron chi connectivity index (χ1n) is 20.3. The maximum atomic E-state index is 10.7. The Morgan fingerprint density at radius 3 is 2.60 bits per heavy atom. The molecule has 3 aromatic rings. The number of likely N-dealkylation sites (tertiary alicyclic amines) is 1. The Morgan fingerprint density at radius 2 is 1.86 bits per heavy atom. The second-order valence-corrected chi connectivity index (χ2v) is 19.0. The summed E-state index contributed by atoms with van der Waals surface area (Å²) in [4.78, 5) is 11.1. The van der Waals surface area contributed by atoms with Gasteiger partial charge in [0.2, 0.25) is 5.13 Å². The highest BCUT2D eigenvalue weighted by Crippen LogP contribution is 2.72. The molecule has 4 atom stereocenters. The predicted molar refractivity (Wildman–Crippen MR) is 225 cm³/mol. The number of aliphatic imine (C=N–C) groups is 1. The number of rotatable bonds is 13. The topological polar surface area (TPSA) is 190 Å². The average molecular weight is 796 g/mol. The second kappa shape index (κ2) is 15.0. The van der Waals surface area contributed by atoms with Crippen molar-refractivity contribution in [1.29, 1.82) is 5.41 Å². The summed E-state index contributed by atoms with van der Waals surface area (Å²) >= 11 is 1.47. The molecule has 0 spiro atoms. The third-order valence-corrected chi connectivity index (χ3v) is 13.8. The van der Waals surface area contributed by atoms with Crippen LogP contribution in [0.15, 0.2) is 76.2 Å². The van der Waals surface area contributed by atoms with Gasteiger partial charge in [0, 0.05) is 48.6 Å². The maximum Gasteiger partial charge on any atom is 0.299 e. The number of ether oxygens (including phenoxy) is 1. The molecule has 6 aliphatic rings. The van der Waals surface area contributed by atoms with Gasteiger partial charge in [-0.2, -0.15) is 5.10 Å². The lowest BCUT2D eigenvalue weighted by atomic mass is 9.39. The summed E-state index contributed by atoms with van der Waals surface area (Å²) < 4.78 is 10.00. The fourth-order valence-corrected chi connectivity index (χ4v) is 12.6. The van der Waals surface area contributed by atoms with Crippen molar-refractivity contribution < 1.29 is 20.1 Å². The zero-order valence-corrected chi connectivity index (χ0v) is 34.4. The Hall–Kier alpha value is -4.50. The molecule has 4 saturated carbocycles. The number of aliphatic hydroxyl groups excluding tert-OH is 2. The first kappa shape index (κ1) is 39.3. The van der Waals surface area contributed by atoms with Crippen LogP contribution in [0.1, 0.15) is 89.8 Å². The van der Waals surface area contributed by atoms with E-state index in [1.54, 1.807) is 0 Å². The molecular formula is C43H57N9O4S. The van der Waals surface area contributed by atoms with E-state index in [9.17, 15) is 15.6 Å². The van der Waals surface area contributed by atoms with Crippen LogP contribution in [0.5, 0.6) is 0 Å². The standard InChI is InChI=1S/C43H57N9O4S/c1-27(36(44)50-39-48-32-10-5-6-11-33(32)57-39)29-9-7-16-51(37(29)45)34-13-12-30(35(49-34)38(54)55)31-19-47-52(28(31)2)26-42-21-40(3)20-41(4,22-42)24-43(23-40,25-42)56-18-15-46-14-8-17-53/h5-6,10-13,19,45-46,49,53-55H,7-9,14-18,20-26H2,1-4H3,(H2,44,48,50)/b29-27-,45-37?/t40-,41+,42?,43?. The van der Waals surface area contributed by atoms with Crippen LogP contribution in [-0.4, -0.2) is 85.1 Å². The monoisotopic (exact) mass is 795 g/mol. The molecule has 9 rings (SSSR count). The Morgan fingerprint density at radius 1 is 1.09 bits per heavy atom. The van der Waals surface area contributed by atoms with Gasteiger partial charge < -0.3 is 41.3 Å². The van der Waals surface area contributed by atoms with Crippen LogP contribution in [0, 0.1) is 28.6 Å². The van der Waals surface area contributed by atoms with Crippen LogP contribution in [0.3, 0.4) is 0 Å². The van der Waals surface area contributed by atoms with Crippen LogP contribution in [0.25, 0.3) is 15.8 Å². The number of piperidine rings is 1. The number of amidine groups is 2. The summed E-state index contributed by atoms with van der Waals surface area (Å²) in [6, 6.07) is 7.87. The van der Waals surface area contributed by atoms with Crippen molar-refractivity contribution in [2.45, 2.75) is 97.6 Å². The predicted octanol–water partition coefficient (Wildman–Crippen LogP) is 7.10. The van der Waals surface area contributed by atoms with Gasteiger partial charge >= 0.3 is 0 Å². The molecule has 0 amide bonds. The summed E-state index contributed by atoms with van der Waals surface area (Å²) in [5.74, 6) is 0.357. The van der Waals surface area contributed by atoms with Gasteiger partial charge in [-0.25, -0.2) is 9.98 Å². The average Bonchev–Trinajstić information content (AvgIpc) is 3.72. The third kappa shape index (κ3) is 7.64. The van der Waals surface area contributed by atoms with Gasteiger partial charge in [-0.15, -0.1) is 0 Å². The summed E-state index contributed by atoms with van der Waals surface area (Å²) in [6.45, 7) is 12.6. The summed E-state index contributed by atoms with van der Waals surface area (Å²) in [7, 11) is 0. The van der Waals surface area contributed by atoms with E-state index in [0.29, 0.717) is 41.9 Å². The number of aromatic nitrogens is 3. The highest BCUT2D eigenvalue weighted by Gasteiger charge is 2.66. The molecule has 4 aliphatic carbocycles. The summed E-state index contributed by atoms with van der Waals surface area (Å²) in [5.41, 5.74) is 11.8. The minimum atomic E-state index is -0.825. The number of nitrogens with two attached hydrogens (primary N) is 1. The van der Waals surface area contributed by atoms with Gasteiger partial charge in [-0.3, -0.25) is 10.1 Å². The van der Waals surface area contributed by atoms with Crippen molar-refractivity contribution in [3.05, 3.63) is 82.5 Å². The molecule has 2 aliphatic heterocycles. The lowest BCUT2D eigenvalue weighted by Gasteiger charge is -2.69. The number of fused-ring (bicyclic) bond motifs is 1. The van der Waals surface area contributed by atoms with Gasteiger partial charge in [-0.05, 0) is 124 Å². The Labute approximate surface area is 338 Å². The van der Waals surface area contributed by atoms with E-state index >= 15 is 0 Å². The fraction of sp³-hybridized carbons (Fsp3) is 0.535. The first-order valence-corrected chi connectivity index (χ1v) is 21.1. The lowest BCUT2D eigenvalue weighted by Crippen LogP contribution is -2.64. The summed E-state index contributed by atoms with van der Waals surface area (Å²) in [6.07, 6.45) is 14.5. The molecule has 57 heavy (non-hydrogen) atoms. The molecule has 304 valence electrons. The quantitative estimate of drug-likeness (QED) is 0.0407. The molecule has 14 heteroatoms. The van der Waals surface area contributed by atoms with E-state index in [1.807, 2.05) is 54.4 Å². The van der Waals surface area contributed by atoms with Crippen LogP contribution in [0.2, 0.25) is 0 Å². The smallest absolute Gasteiger partial charge is 0.299 e. The number of thiazole rings is 1. The number of benzene rings is 1. The van der Waals surface area contributed by atoms with E-state index in [-0.39, 0.29) is 40.0 Å². The molecule has 5 fully saturated rings. The molecule has 8 N–H and O–H groups in total. The van der Waals surface area contributed by atoms with E-state index in [1.165, 1.54) is 17.8 Å². The maximum absolute atomic E-state index is 10.7. The number of aliphatic hydroxyl groups is 3. The number of dihydropyridines is 1. The van der Waals surface area contributed by atoms with Crippen molar-refractivity contribution in [2.24, 2.45) is 27.0 Å². The van der Waals surface area contributed by atoms with Gasteiger partial charge in [0.25, 0.3) is 5.95 Å². The highest BCUT2D eigenvalue weighted by atomic mass is 32.1. The number of allylic oxidation sites excluding steroid dienone is 3. The Kier molecular flexibility index (Phi) is 10.4. The second-order valence-electron chi connectivity index (χ2n) is 18.0. The van der Waals surface area contributed by atoms with E-state index in [4.69, 9.17) is 20.7 Å². The minimum absolute atomic E-state index is 0.0428. The van der Waals surface area contributed by atoms with Gasteiger partial charge in [0.05, 0.1) is 28.6 Å². The number of nitrogens with one attached hydrogen (secondary N) is 3. The lowest BCUT2D eigenvalue weighted by molar-refractivity contribution is -0.247. The molecular weight excluding hydrogens is 739 g/mol. The van der Waals surface area contributed by atoms with Crippen LogP contribution >= 0.6 is 11.3 Å². The molecule has 1 aromatic carbocycles. The molecule has 0 radical (unpaired) electrons. The summed E-state index contributed by atoms with van der Waals surface area (Å²) in [5, 5.41) is 51.8. The van der Waals surface area contributed by atoms with Gasteiger partial charge in [-0.1, -0.05) is 37.3 Å². The number of para-hydroxylation sites is 1. The van der Waals surface area contributed by atoms with Crippen molar-refractivity contribution in [2.75, 3.05) is 32.8 Å². The van der Waals surface area contributed by atoms with Crippen molar-refractivity contribution in [3.63, 3.8) is 0 Å². The molecule has 13 nitrogen and oxygen atoms in total.